The first-order valence-corrected chi connectivity index (χ1v) is 12.8. The van der Waals surface area contributed by atoms with E-state index < -0.39 is 22.5 Å². The first-order chi connectivity index (χ1) is 16.8. The largest absolute Gasteiger partial charge is 0.325 e. The van der Waals surface area contributed by atoms with Crippen LogP contribution in [0.3, 0.4) is 0 Å². The third kappa shape index (κ3) is 6.07. The fourth-order valence-corrected chi connectivity index (χ4v) is 5.29. The van der Waals surface area contributed by atoms with Gasteiger partial charge in [-0.3, -0.25) is 14.1 Å². The number of sulfonamides is 1. The van der Waals surface area contributed by atoms with Crippen LogP contribution in [0.2, 0.25) is 5.02 Å². The van der Waals surface area contributed by atoms with E-state index in [-0.39, 0.29) is 15.6 Å². The van der Waals surface area contributed by atoms with E-state index in [2.05, 4.69) is 10.3 Å². The summed E-state index contributed by atoms with van der Waals surface area (Å²) in [5, 5.41) is 3.02. The molecule has 0 bridgehead atoms. The number of halogens is 1. The molecule has 1 amide bonds. The van der Waals surface area contributed by atoms with Gasteiger partial charge in [0.05, 0.1) is 15.6 Å². The Morgan fingerprint density at radius 1 is 0.886 bits per heavy atom. The van der Waals surface area contributed by atoms with Gasteiger partial charge in [0.1, 0.15) is 6.54 Å². The number of nitrogens with zero attached hydrogens (tertiary/aromatic N) is 2. The van der Waals surface area contributed by atoms with Crippen LogP contribution in [0.1, 0.15) is 16.7 Å². The number of carbonyl (C=O) groups is 1. The Morgan fingerprint density at radius 2 is 1.51 bits per heavy atom. The topological polar surface area (TPSA) is 79.4 Å². The third-order valence-corrected chi connectivity index (χ3v) is 7.51. The average molecular weight is 506 g/mol. The summed E-state index contributed by atoms with van der Waals surface area (Å²) in [6, 6.07) is 24.4. The molecule has 8 heteroatoms. The van der Waals surface area contributed by atoms with Crippen molar-refractivity contribution in [2.75, 3.05) is 16.2 Å². The average Bonchev–Trinajstić information content (AvgIpc) is 2.85. The minimum absolute atomic E-state index is 0.0799. The van der Waals surface area contributed by atoms with Crippen LogP contribution in [0, 0.1) is 6.92 Å². The number of amides is 1. The van der Waals surface area contributed by atoms with Crippen LogP contribution in [0.25, 0.3) is 0 Å². The molecule has 0 saturated carbocycles. The van der Waals surface area contributed by atoms with Crippen molar-refractivity contribution < 1.29 is 13.2 Å². The Labute approximate surface area is 210 Å². The van der Waals surface area contributed by atoms with Crippen molar-refractivity contribution in [3.63, 3.8) is 0 Å². The van der Waals surface area contributed by atoms with E-state index in [1.54, 1.807) is 60.9 Å². The maximum absolute atomic E-state index is 13.5. The van der Waals surface area contributed by atoms with Crippen molar-refractivity contribution in [3.05, 3.63) is 119 Å². The van der Waals surface area contributed by atoms with Gasteiger partial charge < -0.3 is 5.32 Å². The number of benzene rings is 3. The monoisotopic (exact) mass is 505 g/mol. The Morgan fingerprint density at radius 3 is 2.17 bits per heavy atom. The molecular formula is C27H24ClN3O3S. The maximum atomic E-state index is 13.5. The van der Waals surface area contributed by atoms with Crippen molar-refractivity contribution in [1.82, 2.24) is 4.98 Å². The van der Waals surface area contributed by atoms with E-state index in [0.717, 1.165) is 27.4 Å². The van der Waals surface area contributed by atoms with Crippen LogP contribution in [-0.4, -0.2) is 25.9 Å². The second-order valence-corrected chi connectivity index (χ2v) is 10.3. The summed E-state index contributed by atoms with van der Waals surface area (Å²) in [5.74, 6) is -0.484. The Hall–Kier alpha value is -3.68. The summed E-state index contributed by atoms with van der Waals surface area (Å²) < 4.78 is 28.0. The molecule has 3 aromatic carbocycles. The summed E-state index contributed by atoms with van der Waals surface area (Å²) in [7, 11) is -4.04. The SMILES string of the molecule is Cc1ccc(S(=O)(=O)N(CC(=O)Nc2ccc(Cc3ccncc3)cc2)c2ccccc2Cl)cc1. The fourth-order valence-electron chi connectivity index (χ4n) is 3.56. The number of carbonyl (C=O) groups excluding carboxylic acids is 1. The highest BCUT2D eigenvalue weighted by Crippen LogP contribution is 2.30. The molecule has 0 aliphatic carbocycles. The van der Waals surface area contributed by atoms with Crippen LogP contribution in [0.4, 0.5) is 11.4 Å². The van der Waals surface area contributed by atoms with Crippen molar-refractivity contribution in [1.29, 1.82) is 0 Å². The van der Waals surface area contributed by atoms with E-state index in [1.165, 1.54) is 12.1 Å². The zero-order valence-corrected chi connectivity index (χ0v) is 20.6. The second-order valence-electron chi connectivity index (χ2n) is 8.05. The number of anilines is 2. The van der Waals surface area contributed by atoms with Crippen LogP contribution in [0.5, 0.6) is 0 Å². The molecule has 178 valence electrons. The molecule has 0 aliphatic heterocycles. The summed E-state index contributed by atoms with van der Waals surface area (Å²) in [4.78, 5) is 17.1. The van der Waals surface area contributed by atoms with E-state index in [4.69, 9.17) is 11.6 Å². The van der Waals surface area contributed by atoms with E-state index in [1.807, 2.05) is 31.2 Å². The molecule has 4 rings (SSSR count). The lowest BCUT2D eigenvalue weighted by atomic mass is 10.1. The predicted molar refractivity (Wildman–Crippen MR) is 139 cm³/mol. The first kappa shape index (κ1) is 24.4. The number of aryl methyl sites for hydroxylation is 1. The van der Waals surface area contributed by atoms with Gasteiger partial charge in [0.25, 0.3) is 10.0 Å². The lowest BCUT2D eigenvalue weighted by Crippen LogP contribution is -2.38. The van der Waals surface area contributed by atoms with Gasteiger partial charge in [0, 0.05) is 18.1 Å². The summed E-state index contributed by atoms with van der Waals surface area (Å²) >= 11 is 6.32. The lowest BCUT2D eigenvalue weighted by Gasteiger charge is -2.25. The van der Waals surface area contributed by atoms with Crippen molar-refractivity contribution >= 4 is 38.9 Å². The third-order valence-electron chi connectivity index (χ3n) is 5.41. The van der Waals surface area contributed by atoms with Gasteiger partial charge in [-0.05, 0) is 73.0 Å². The molecule has 0 atom stereocenters. The van der Waals surface area contributed by atoms with Crippen molar-refractivity contribution in [3.8, 4) is 0 Å². The molecule has 0 fully saturated rings. The molecule has 0 radical (unpaired) electrons. The Kier molecular flexibility index (Phi) is 7.48. The highest BCUT2D eigenvalue weighted by molar-refractivity contribution is 7.92. The molecule has 0 saturated heterocycles. The van der Waals surface area contributed by atoms with Gasteiger partial charge in [-0.1, -0.05) is 53.6 Å². The molecule has 1 N–H and O–H groups in total. The van der Waals surface area contributed by atoms with Crippen molar-refractivity contribution in [2.24, 2.45) is 0 Å². The molecule has 0 unspecified atom stereocenters. The number of hydrogen-bond donors (Lipinski definition) is 1. The number of rotatable bonds is 8. The maximum Gasteiger partial charge on any atom is 0.264 e. The normalized spacial score (nSPS) is 11.1. The molecule has 6 nitrogen and oxygen atoms in total. The quantitative estimate of drug-likeness (QED) is 0.344. The molecule has 0 aliphatic rings. The predicted octanol–water partition coefficient (Wildman–Crippen LogP) is 5.47. The molecule has 1 aromatic heterocycles. The van der Waals surface area contributed by atoms with Gasteiger partial charge in [0.15, 0.2) is 0 Å². The first-order valence-electron chi connectivity index (χ1n) is 10.9. The summed E-state index contributed by atoms with van der Waals surface area (Å²) in [6.07, 6.45) is 4.24. The molecule has 4 aromatic rings. The zero-order chi connectivity index (χ0) is 24.8. The van der Waals surface area contributed by atoms with E-state index >= 15 is 0 Å². The standard InChI is InChI=1S/C27H24ClN3O3S/c1-20-6-12-24(13-7-20)35(33,34)31(26-5-3-2-4-25(26)28)19-27(32)30-23-10-8-21(9-11-23)18-22-14-16-29-17-15-22/h2-17H,18-19H2,1H3,(H,30,32). The molecule has 1 heterocycles. The molecule has 35 heavy (non-hydrogen) atoms. The van der Waals surface area contributed by atoms with Crippen molar-refractivity contribution in [2.45, 2.75) is 18.2 Å². The number of nitrogens with one attached hydrogen (secondary N) is 1. The number of hydrogen-bond acceptors (Lipinski definition) is 4. The Bertz CT molecular complexity index is 1410. The van der Waals surface area contributed by atoms with E-state index in [9.17, 15) is 13.2 Å². The minimum atomic E-state index is -4.04. The highest BCUT2D eigenvalue weighted by Gasteiger charge is 2.28. The van der Waals surface area contributed by atoms with Gasteiger partial charge in [0.2, 0.25) is 5.91 Å². The van der Waals surface area contributed by atoms with E-state index in [0.29, 0.717) is 5.69 Å². The van der Waals surface area contributed by atoms with Crippen LogP contribution < -0.4 is 9.62 Å². The van der Waals surface area contributed by atoms with Gasteiger partial charge in [-0.15, -0.1) is 0 Å². The zero-order valence-electron chi connectivity index (χ0n) is 19.1. The number of pyridine rings is 1. The van der Waals surface area contributed by atoms with Crippen LogP contribution in [-0.2, 0) is 21.2 Å². The fraction of sp³-hybridized carbons (Fsp3) is 0.111. The second kappa shape index (κ2) is 10.7. The van der Waals surface area contributed by atoms with Gasteiger partial charge >= 0.3 is 0 Å². The minimum Gasteiger partial charge on any atom is -0.325 e. The van der Waals surface area contributed by atoms with Gasteiger partial charge in [-0.2, -0.15) is 0 Å². The summed E-state index contributed by atoms with van der Waals surface area (Å²) in [5.41, 5.74) is 3.94. The summed E-state index contributed by atoms with van der Waals surface area (Å²) in [6.45, 7) is 1.44. The number of aromatic nitrogens is 1. The molecule has 0 spiro atoms. The Balaban J connectivity index is 1.54. The van der Waals surface area contributed by atoms with Crippen LogP contribution >= 0.6 is 11.6 Å². The van der Waals surface area contributed by atoms with Gasteiger partial charge in [-0.25, -0.2) is 8.42 Å². The smallest absolute Gasteiger partial charge is 0.264 e. The lowest BCUT2D eigenvalue weighted by molar-refractivity contribution is -0.114. The molecular weight excluding hydrogens is 482 g/mol. The number of para-hydroxylation sites is 1. The highest BCUT2D eigenvalue weighted by atomic mass is 35.5. The van der Waals surface area contributed by atoms with Crippen LogP contribution in [0.15, 0.2) is 102 Å².